The summed E-state index contributed by atoms with van der Waals surface area (Å²) in [5.41, 5.74) is 0. The van der Waals surface area contributed by atoms with E-state index in [1.165, 1.54) is 0 Å². The first-order valence-corrected chi connectivity index (χ1v) is 6.98. The third-order valence-electron chi connectivity index (χ3n) is 2.81. The number of ether oxygens (including phenoxy) is 3. The molecule has 0 aliphatic carbocycles. The predicted octanol–water partition coefficient (Wildman–Crippen LogP) is 1.78. The minimum absolute atomic E-state index is 0.402. The van der Waals surface area contributed by atoms with Gasteiger partial charge in [0, 0.05) is 18.3 Å². The van der Waals surface area contributed by atoms with Gasteiger partial charge in [-0.05, 0) is 18.2 Å². The normalized spacial score (nSPS) is 19.6. The molecule has 0 amide bonds. The molecule has 1 fully saturated rings. The van der Waals surface area contributed by atoms with Crippen molar-refractivity contribution in [1.29, 1.82) is 0 Å². The van der Waals surface area contributed by atoms with Gasteiger partial charge in [0.1, 0.15) is 11.5 Å². The highest BCUT2D eigenvalue weighted by Gasteiger charge is 2.14. The van der Waals surface area contributed by atoms with Crippen molar-refractivity contribution in [2.24, 2.45) is 0 Å². The molecule has 2 rings (SSSR count). The molecule has 1 heterocycles. The molecule has 1 N–H and O–H groups in total. The average Bonchev–Trinajstić information content (AvgIpc) is 2.45. The van der Waals surface area contributed by atoms with Gasteiger partial charge in [-0.2, -0.15) is 0 Å². The number of hydrogen-bond donors (Lipinski definition) is 1. The zero-order valence-corrected chi connectivity index (χ0v) is 11.6. The Bertz CT molecular complexity index is 380. The van der Waals surface area contributed by atoms with E-state index >= 15 is 0 Å². The molecule has 1 atom stereocenters. The van der Waals surface area contributed by atoms with E-state index in [1.807, 2.05) is 18.2 Å². The molecule has 1 unspecified atom stereocenters. The van der Waals surface area contributed by atoms with E-state index in [0.29, 0.717) is 6.04 Å². The maximum atomic E-state index is 5.44. The van der Waals surface area contributed by atoms with Crippen LogP contribution in [0.4, 0.5) is 0 Å². The van der Waals surface area contributed by atoms with Gasteiger partial charge in [0.25, 0.3) is 0 Å². The second kappa shape index (κ2) is 6.87. The van der Waals surface area contributed by atoms with Crippen LogP contribution in [-0.2, 0) is 4.74 Å². The fourth-order valence-electron chi connectivity index (χ4n) is 1.81. The number of methoxy groups -OCH3 is 2. The molecule has 1 aromatic carbocycles. The summed E-state index contributed by atoms with van der Waals surface area (Å²) in [4.78, 5) is 1.10. The molecule has 5 heteroatoms. The topological polar surface area (TPSA) is 39.7 Å². The second-order valence-electron chi connectivity index (χ2n) is 4.05. The van der Waals surface area contributed by atoms with E-state index in [4.69, 9.17) is 14.2 Å². The quantitative estimate of drug-likeness (QED) is 0.825. The van der Waals surface area contributed by atoms with Gasteiger partial charge in [0.15, 0.2) is 0 Å². The summed E-state index contributed by atoms with van der Waals surface area (Å²) in [6, 6.07) is 6.25. The Kier molecular flexibility index (Phi) is 5.16. The van der Waals surface area contributed by atoms with Crippen LogP contribution in [0.15, 0.2) is 23.1 Å². The monoisotopic (exact) mass is 269 g/mol. The van der Waals surface area contributed by atoms with Crippen molar-refractivity contribution >= 4 is 11.8 Å². The number of hydrogen-bond acceptors (Lipinski definition) is 5. The van der Waals surface area contributed by atoms with Gasteiger partial charge in [-0.1, -0.05) is 0 Å². The van der Waals surface area contributed by atoms with Crippen molar-refractivity contribution in [3.8, 4) is 11.5 Å². The first-order valence-electron chi connectivity index (χ1n) is 5.99. The lowest BCUT2D eigenvalue weighted by molar-refractivity contribution is 0.0837. The Morgan fingerprint density at radius 1 is 1.39 bits per heavy atom. The van der Waals surface area contributed by atoms with Crippen LogP contribution in [0.5, 0.6) is 11.5 Å². The number of benzene rings is 1. The van der Waals surface area contributed by atoms with Crippen molar-refractivity contribution in [3.63, 3.8) is 0 Å². The van der Waals surface area contributed by atoms with E-state index in [0.717, 1.165) is 41.9 Å². The highest BCUT2D eigenvalue weighted by atomic mass is 32.2. The van der Waals surface area contributed by atoms with Crippen LogP contribution < -0.4 is 14.8 Å². The lowest BCUT2D eigenvalue weighted by atomic mass is 10.3. The van der Waals surface area contributed by atoms with Gasteiger partial charge in [-0.3, -0.25) is 0 Å². The van der Waals surface area contributed by atoms with E-state index in [2.05, 4.69) is 5.32 Å². The van der Waals surface area contributed by atoms with Gasteiger partial charge >= 0.3 is 0 Å². The molecule has 0 aromatic heterocycles. The highest BCUT2D eigenvalue weighted by molar-refractivity contribution is 7.99. The molecule has 0 radical (unpaired) electrons. The molecule has 18 heavy (non-hydrogen) atoms. The summed E-state index contributed by atoms with van der Waals surface area (Å²) < 4.78 is 16.0. The fraction of sp³-hybridized carbons (Fsp3) is 0.538. The third kappa shape index (κ3) is 3.54. The molecule has 1 saturated heterocycles. The Morgan fingerprint density at radius 3 is 2.94 bits per heavy atom. The van der Waals surface area contributed by atoms with Gasteiger partial charge < -0.3 is 19.5 Å². The fourth-order valence-corrected chi connectivity index (χ4v) is 2.90. The van der Waals surface area contributed by atoms with E-state index in [1.54, 1.807) is 26.0 Å². The standard InChI is InChI=1S/C13H19NO3S/c1-15-11-3-4-12(16-2)13(7-11)18-9-10-8-17-6-5-14-10/h3-4,7,10,14H,5-6,8-9H2,1-2H3. The van der Waals surface area contributed by atoms with Crippen LogP contribution in [0.1, 0.15) is 0 Å². The molecule has 4 nitrogen and oxygen atoms in total. The van der Waals surface area contributed by atoms with Crippen molar-refractivity contribution in [3.05, 3.63) is 18.2 Å². The summed E-state index contributed by atoms with van der Waals surface area (Å²) in [5.74, 6) is 2.70. The van der Waals surface area contributed by atoms with Crippen LogP contribution in [0.25, 0.3) is 0 Å². The summed E-state index contributed by atoms with van der Waals surface area (Å²) in [6.07, 6.45) is 0. The highest BCUT2D eigenvalue weighted by Crippen LogP contribution is 2.33. The summed E-state index contributed by atoms with van der Waals surface area (Å²) >= 11 is 1.76. The Morgan fingerprint density at radius 2 is 2.28 bits per heavy atom. The lowest BCUT2D eigenvalue weighted by Gasteiger charge is -2.23. The van der Waals surface area contributed by atoms with Crippen molar-refractivity contribution in [1.82, 2.24) is 5.32 Å². The molecular formula is C13H19NO3S. The largest absolute Gasteiger partial charge is 0.497 e. The molecule has 0 spiro atoms. The van der Waals surface area contributed by atoms with Crippen molar-refractivity contribution < 1.29 is 14.2 Å². The average molecular weight is 269 g/mol. The summed E-state index contributed by atoms with van der Waals surface area (Å²) in [5, 5.41) is 3.44. The summed E-state index contributed by atoms with van der Waals surface area (Å²) in [6.45, 7) is 2.52. The molecule has 0 bridgehead atoms. The first kappa shape index (κ1) is 13.5. The van der Waals surface area contributed by atoms with Gasteiger partial charge in [0.2, 0.25) is 0 Å². The third-order valence-corrected chi connectivity index (χ3v) is 4.01. The van der Waals surface area contributed by atoms with Crippen LogP contribution in [0.3, 0.4) is 0 Å². The van der Waals surface area contributed by atoms with Gasteiger partial charge in [-0.15, -0.1) is 11.8 Å². The SMILES string of the molecule is COc1ccc(OC)c(SCC2COCCN2)c1. The minimum Gasteiger partial charge on any atom is -0.497 e. The van der Waals surface area contributed by atoms with Gasteiger partial charge in [0.05, 0.1) is 32.3 Å². The van der Waals surface area contributed by atoms with Crippen LogP contribution in [-0.4, -0.2) is 45.8 Å². The molecular weight excluding hydrogens is 250 g/mol. The molecule has 1 aromatic rings. The smallest absolute Gasteiger partial charge is 0.132 e. The van der Waals surface area contributed by atoms with Gasteiger partial charge in [-0.25, -0.2) is 0 Å². The number of rotatable bonds is 5. The maximum Gasteiger partial charge on any atom is 0.132 e. The first-order chi connectivity index (χ1) is 8.83. The molecule has 100 valence electrons. The van der Waals surface area contributed by atoms with E-state index in [9.17, 15) is 0 Å². The lowest BCUT2D eigenvalue weighted by Crippen LogP contribution is -2.42. The van der Waals surface area contributed by atoms with Crippen molar-refractivity contribution in [2.75, 3.05) is 39.7 Å². The van der Waals surface area contributed by atoms with Crippen molar-refractivity contribution in [2.45, 2.75) is 10.9 Å². The zero-order valence-electron chi connectivity index (χ0n) is 10.8. The zero-order chi connectivity index (χ0) is 12.8. The van der Waals surface area contributed by atoms with Crippen LogP contribution in [0.2, 0.25) is 0 Å². The Balaban J connectivity index is 1.97. The Labute approximate surface area is 112 Å². The molecule has 1 aliphatic rings. The van der Waals surface area contributed by atoms with E-state index in [-0.39, 0.29) is 0 Å². The summed E-state index contributed by atoms with van der Waals surface area (Å²) in [7, 11) is 3.36. The molecule has 1 aliphatic heterocycles. The Hall–Kier alpha value is -0.910. The predicted molar refractivity (Wildman–Crippen MR) is 72.9 cm³/mol. The van der Waals surface area contributed by atoms with E-state index < -0.39 is 0 Å². The van der Waals surface area contributed by atoms with Crippen LogP contribution in [0, 0.1) is 0 Å². The maximum absolute atomic E-state index is 5.44. The number of morpholine rings is 1. The second-order valence-corrected chi connectivity index (χ2v) is 5.12. The number of thioether (sulfide) groups is 1. The molecule has 0 saturated carbocycles. The number of nitrogens with one attached hydrogen (secondary N) is 1. The minimum atomic E-state index is 0.402. The van der Waals surface area contributed by atoms with Crippen LogP contribution >= 0.6 is 11.8 Å².